The lowest BCUT2D eigenvalue weighted by molar-refractivity contribution is 0.221. The van der Waals surface area contributed by atoms with Gasteiger partial charge in [-0.1, -0.05) is 19.8 Å². The zero-order valence-electron chi connectivity index (χ0n) is 10.9. The van der Waals surface area contributed by atoms with E-state index in [0.717, 1.165) is 18.0 Å². The maximum absolute atomic E-state index is 5.72. The summed E-state index contributed by atoms with van der Waals surface area (Å²) in [6, 6.07) is 2.45. The number of nitrogens with two attached hydrogens (primary N) is 1. The lowest BCUT2D eigenvalue weighted by Crippen LogP contribution is -2.44. The van der Waals surface area contributed by atoms with Crippen LogP contribution < -0.4 is 11.3 Å². The summed E-state index contributed by atoms with van der Waals surface area (Å²) in [5.74, 6) is 7.26. The second-order valence-electron chi connectivity index (χ2n) is 5.49. The van der Waals surface area contributed by atoms with Crippen LogP contribution in [0.3, 0.4) is 0 Å². The number of hydrogen-bond donors (Lipinski definition) is 2. The van der Waals surface area contributed by atoms with Gasteiger partial charge in [-0.3, -0.25) is 16.0 Å². The zero-order chi connectivity index (χ0) is 12.3. The van der Waals surface area contributed by atoms with Crippen molar-refractivity contribution in [2.24, 2.45) is 24.7 Å². The molecule has 1 aromatic heterocycles. The van der Waals surface area contributed by atoms with E-state index in [4.69, 9.17) is 5.84 Å². The van der Waals surface area contributed by atoms with Crippen LogP contribution in [0.2, 0.25) is 0 Å². The fourth-order valence-corrected chi connectivity index (χ4v) is 3.01. The van der Waals surface area contributed by atoms with Gasteiger partial charge >= 0.3 is 0 Å². The van der Waals surface area contributed by atoms with Crippen molar-refractivity contribution in [2.45, 2.75) is 45.1 Å². The summed E-state index contributed by atoms with van der Waals surface area (Å²) in [6.07, 6.45) is 8.23. The predicted molar refractivity (Wildman–Crippen MR) is 69.1 cm³/mol. The van der Waals surface area contributed by atoms with Crippen molar-refractivity contribution >= 4 is 0 Å². The number of nitrogens with one attached hydrogen (secondary N) is 1. The molecule has 1 saturated carbocycles. The third-order valence-electron chi connectivity index (χ3n) is 3.96. The highest BCUT2D eigenvalue weighted by molar-refractivity contribution is 5.02. The first-order valence-electron chi connectivity index (χ1n) is 6.63. The molecular formula is C13H24N4. The fourth-order valence-electron chi connectivity index (χ4n) is 3.01. The van der Waals surface area contributed by atoms with E-state index < -0.39 is 0 Å². The minimum Gasteiger partial charge on any atom is -0.276 e. The number of aryl methyl sites for hydroxylation is 1. The average molecular weight is 236 g/mol. The molecule has 3 N–H and O–H groups in total. The number of hydrazine groups is 1. The first-order valence-corrected chi connectivity index (χ1v) is 6.63. The smallest absolute Gasteiger partial charge is 0.0640 e. The maximum Gasteiger partial charge on any atom is 0.0640 e. The molecular weight excluding hydrogens is 212 g/mol. The second-order valence-corrected chi connectivity index (χ2v) is 5.49. The molecule has 1 aliphatic carbocycles. The molecule has 1 aliphatic rings. The van der Waals surface area contributed by atoms with Gasteiger partial charge in [0.05, 0.1) is 5.69 Å². The van der Waals surface area contributed by atoms with Gasteiger partial charge in [0.15, 0.2) is 0 Å². The van der Waals surface area contributed by atoms with E-state index in [2.05, 4.69) is 23.5 Å². The Morgan fingerprint density at radius 2 is 2.41 bits per heavy atom. The van der Waals surface area contributed by atoms with Crippen molar-refractivity contribution in [3.63, 3.8) is 0 Å². The molecule has 0 saturated heterocycles. The summed E-state index contributed by atoms with van der Waals surface area (Å²) < 4.78 is 1.85. The standard InChI is InChI=1S/C13H24N4/c1-10-4-3-5-11(8-10)13(15-14)9-12-6-7-17(2)16-12/h6-7,10-11,13,15H,3-5,8-9,14H2,1-2H3. The molecule has 1 fully saturated rings. The molecule has 17 heavy (non-hydrogen) atoms. The van der Waals surface area contributed by atoms with Gasteiger partial charge in [-0.05, 0) is 30.7 Å². The van der Waals surface area contributed by atoms with Gasteiger partial charge < -0.3 is 0 Å². The summed E-state index contributed by atoms with van der Waals surface area (Å²) in [5.41, 5.74) is 4.13. The largest absolute Gasteiger partial charge is 0.276 e. The van der Waals surface area contributed by atoms with Crippen molar-refractivity contribution in [1.29, 1.82) is 0 Å². The molecule has 0 amide bonds. The van der Waals surface area contributed by atoms with E-state index in [1.54, 1.807) is 0 Å². The Kier molecular flexibility index (Phi) is 4.18. The van der Waals surface area contributed by atoms with Gasteiger partial charge in [-0.2, -0.15) is 5.10 Å². The first-order chi connectivity index (χ1) is 8.19. The van der Waals surface area contributed by atoms with Crippen molar-refractivity contribution in [2.75, 3.05) is 0 Å². The lowest BCUT2D eigenvalue weighted by Gasteiger charge is -2.32. The molecule has 3 atom stereocenters. The fraction of sp³-hybridized carbons (Fsp3) is 0.769. The molecule has 0 aromatic carbocycles. The van der Waals surface area contributed by atoms with Crippen LogP contribution in [0.4, 0.5) is 0 Å². The lowest BCUT2D eigenvalue weighted by atomic mass is 9.77. The van der Waals surface area contributed by atoms with E-state index in [-0.39, 0.29) is 0 Å². The zero-order valence-corrected chi connectivity index (χ0v) is 10.9. The third-order valence-corrected chi connectivity index (χ3v) is 3.96. The molecule has 0 aliphatic heterocycles. The van der Waals surface area contributed by atoms with E-state index in [1.807, 2.05) is 17.9 Å². The van der Waals surface area contributed by atoms with Crippen LogP contribution in [0.25, 0.3) is 0 Å². The molecule has 2 rings (SSSR count). The molecule has 1 aromatic rings. The molecule has 0 bridgehead atoms. The Labute approximate surface area is 104 Å². The third kappa shape index (κ3) is 3.30. The summed E-state index contributed by atoms with van der Waals surface area (Å²) >= 11 is 0. The number of aromatic nitrogens is 2. The van der Waals surface area contributed by atoms with Crippen LogP contribution in [0.1, 0.15) is 38.3 Å². The number of rotatable bonds is 4. The van der Waals surface area contributed by atoms with Crippen LogP contribution in [0, 0.1) is 11.8 Å². The van der Waals surface area contributed by atoms with Gasteiger partial charge in [0.25, 0.3) is 0 Å². The van der Waals surface area contributed by atoms with Crippen LogP contribution in [0.15, 0.2) is 12.3 Å². The average Bonchev–Trinajstić information content (AvgIpc) is 2.72. The van der Waals surface area contributed by atoms with E-state index in [0.29, 0.717) is 12.0 Å². The Morgan fingerprint density at radius 3 is 3.00 bits per heavy atom. The van der Waals surface area contributed by atoms with Gasteiger partial charge in [0.1, 0.15) is 0 Å². The molecule has 1 heterocycles. The Bertz CT molecular complexity index is 347. The van der Waals surface area contributed by atoms with Gasteiger partial charge in [0.2, 0.25) is 0 Å². The van der Waals surface area contributed by atoms with E-state index in [1.165, 1.54) is 25.7 Å². The van der Waals surface area contributed by atoms with Gasteiger partial charge in [0, 0.05) is 25.7 Å². The quantitative estimate of drug-likeness (QED) is 0.617. The molecule has 4 heteroatoms. The Balaban J connectivity index is 1.95. The monoisotopic (exact) mass is 236 g/mol. The second kappa shape index (κ2) is 5.65. The highest BCUT2D eigenvalue weighted by atomic mass is 15.3. The number of nitrogens with zero attached hydrogens (tertiary/aromatic N) is 2. The minimum absolute atomic E-state index is 0.368. The van der Waals surface area contributed by atoms with E-state index >= 15 is 0 Å². The maximum atomic E-state index is 5.72. The molecule has 4 nitrogen and oxygen atoms in total. The highest BCUT2D eigenvalue weighted by Gasteiger charge is 2.26. The summed E-state index contributed by atoms with van der Waals surface area (Å²) in [5, 5.41) is 4.43. The van der Waals surface area contributed by atoms with Crippen molar-refractivity contribution in [3.05, 3.63) is 18.0 Å². The number of hydrogen-bond acceptors (Lipinski definition) is 3. The molecule has 3 unspecified atom stereocenters. The summed E-state index contributed by atoms with van der Waals surface area (Å²) in [6.45, 7) is 2.35. The predicted octanol–water partition coefficient (Wildman–Crippen LogP) is 1.62. The van der Waals surface area contributed by atoms with Gasteiger partial charge in [-0.25, -0.2) is 0 Å². The van der Waals surface area contributed by atoms with Crippen molar-refractivity contribution in [1.82, 2.24) is 15.2 Å². The van der Waals surface area contributed by atoms with Crippen molar-refractivity contribution < 1.29 is 0 Å². The van der Waals surface area contributed by atoms with Crippen molar-refractivity contribution in [3.8, 4) is 0 Å². The summed E-state index contributed by atoms with van der Waals surface area (Å²) in [4.78, 5) is 0. The Morgan fingerprint density at radius 1 is 1.59 bits per heavy atom. The molecule has 0 radical (unpaired) electrons. The first kappa shape index (κ1) is 12.6. The Hall–Kier alpha value is -0.870. The van der Waals surface area contributed by atoms with Crippen LogP contribution in [0.5, 0.6) is 0 Å². The van der Waals surface area contributed by atoms with Gasteiger partial charge in [-0.15, -0.1) is 0 Å². The van der Waals surface area contributed by atoms with Crippen LogP contribution in [-0.4, -0.2) is 15.8 Å². The highest BCUT2D eigenvalue weighted by Crippen LogP contribution is 2.31. The minimum atomic E-state index is 0.368. The normalized spacial score (nSPS) is 27.0. The summed E-state index contributed by atoms with van der Waals surface area (Å²) in [7, 11) is 1.96. The SMILES string of the molecule is CC1CCCC(C(Cc2ccn(C)n2)NN)C1. The van der Waals surface area contributed by atoms with Crippen LogP contribution in [-0.2, 0) is 13.5 Å². The van der Waals surface area contributed by atoms with Crippen LogP contribution >= 0.6 is 0 Å². The topological polar surface area (TPSA) is 55.9 Å². The van der Waals surface area contributed by atoms with E-state index in [9.17, 15) is 0 Å². The molecule has 96 valence electrons. The molecule has 0 spiro atoms.